The highest BCUT2D eigenvalue weighted by Crippen LogP contribution is 2.28. The van der Waals surface area contributed by atoms with Gasteiger partial charge in [0.25, 0.3) is 0 Å². The van der Waals surface area contributed by atoms with Crippen molar-refractivity contribution in [2.45, 2.75) is 39.7 Å². The lowest BCUT2D eigenvalue weighted by Crippen LogP contribution is -2.29. The van der Waals surface area contributed by atoms with Crippen molar-refractivity contribution in [3.8, 4) is 5.75 Å². The lowest BCUT2D eigenvalue weighted by atomic mass is 10.0. The first-order valence-corrected chi connectivity index (χ1v) is 8.98. The normalized spacial score (nSPS) is 15.0. The molecule has 0 aromatic heterocycles. The molecule has 1 aliphatic heterocycles. The number of hydrogen-bond acceptors (Lipinski definition) is 3. The molecule has 1 amide bonds. The number of benzene rings is 2. The zero-order chi connectivity index (χ0) is 17.6. The Morgan fingerprint density at radius 3 is 2.52 bits per heavy atom. The molecule has 25 heavy (non-hydrogen) atoms. The second-order valence-corrected chi connectivity index (χ2v) is 6.79. The summed E-state index contributed by atoms with van der Waals surface area (Å²) in [4.78, 5) is 14.8. The van der Waals surface area contributed by atoms with E-state index in [4.69, 9.17) is 4.74 Å². The van der Waals surface area contributed by atoms with Crippen molar-refractivity contribution in [2.75, 3.05) is 18.4 Å². The van der Waals surface area contributed by atoms with Crippen molar-refractivity contribution in [3.05, 3.63) is 59.2 Å². The average Bonchev–Trinajstić information content (AvgIpc) is 2.60. The van der Waals surface area contributed by atoms with Crippen LogP contribution in [0, 0.1) is 13.8 Å². The maximum Gasteiger partial charge on any atom is 0.417 e. The number of ether oxygens (including phenoxy) is 1. The number of aryl methyl sites for hydroxylation is 2. The molecular weight excluding hydrogens is 312 g/mol. The van der Waals surface area contributed by atoms with Crippen LogP contribution in [0.5, 0.6) is 5.75 Å². The van der Waals surface area contributed by atoms with E-state index in [1.54, 1.807) is 0 Å². The molecule has 0 bridgehead atoms. The zero-order valence-corrected chi connectivity index (χ0v) is 15.0. The number of rotatable bonds is 4. The predicted molar refractivity (Wildman–Crippen MR) is 101 cm³/mol. The van der Waals surface area contributed by atoms with E-state index in [0.29, 0.717) is 5.75 Å². The van der Waals surface area contributed by atoms with Gasteiger partial charge < -0.3 is 4.74 Å². The van der Waals surface area contributed by atoms with Crippen molar-refractivity contribution in [2.24, 2.45) is 0 Å². The van der Waals surface area contributed by atoms with Gasteiger partial charge in [-0.15, -0.1) is 0 Å². The molecule has 3 rings (SSSR count). The standard InChI is InChI=1S/C21H26N2O2/c1-16-13-17(2)20(18(14-16)15-23-11-7-4-8-12-23)25-21(24)22-19-9-5-3-6-10-19/h3,5-6,9-10,13-14H,4,7-8,11-12,15H2,1-2H3,(H,22,24). The van der Waals surface area contributed by atoms with Crippen molar-refractivity contribution < 1.29 is 9.53 Å². The molecule has 2 aromatic rings. The molecular formula is C21H26N2O2. The molecule has 132 valence electrons. The second-order valence-electron chi connectivity index (χ2n) is 6.79. The molecule has 1 saturated heterocycles. The monoisotopic (exact) mass is 338 g/mol. The Hall–Kier alpha value is -2.33. The summed E-state index contributed by atoms with van der Waals surface area (Å²) in [6, 6.07) is 13.6. The van der Waals surface area contributed by atoms with E-state index >= 15 is 0 Å². The molecule has 0 spiro atoms. The number of carbonyl (C=O) groups is 1. The Morgan fingerprint density at radius 1 is 1.08 bits per heavy atom. The number of para-hydroxylation sites is 1. The van der Waals surface area contributed by atoms with Crippen LogP contribution in [0.25, 0.3) is 0 Å². The molecule has 0 saturated carbocycles. The van der Waals surface area contributed by atoms with Crippen LogP contribution in [0.4, 0.5) is 10.5 Å². The van der Waals surface area contributed by atoms with Crippen molar-refractivity contribution in [1.29, 1.82) is 0 Å². The minimum absolute atomic E-state index is 0.446. The Labute approximate surface area is 149 Å². The van der Waals surface area contributed by atoms with Crippen LogP contribution in [0.1, 0.15) is 36.0 Å². The maximum atomic E-state index is 12.3. The van der Waals surface area contributed by atoms with E-state index in [1.165, 1.54) is 24.8 Å². The minimum Gasteiger partial charge on any atom is -0.409 e. The highest BCUT2D eigenvalue weighted by Gasteiger charge is 2.17. The van der Waals surface area contributed by atoms with E-state index in [-0.39, 0.29) is 0 Å². The second kappa shape index (κ2) is 8.17. The number of amides is 1. The lowest BCUT2D eigenvalue weighted by molar-refractivity contribution is 0.207. The fraction of sp³-hybridized carbons (Fsp3) is 0.381. The van der Waals surface area contributed by atoms with Crippen molar-refractivity contribution in [1.82, 2.24) is 4.90 Å². The minimum atomic E-state index is -0.446. The van der Waals surface area contributed by atoms with Gasteiger partial charge in [-0.1, -0.05) is 42.3 Å². The number of piperidine rings is 1. The summed E-state index contributed by atoms with van der Waals surface area (Å²) >= 11 is 0. The predicted octanol–water partition coefficient (Wildman–Crippen LogP) is 4.90. The first-order valence-electron chi connectivity index (χ1n) is 8.98. The molecule has 0 radical (unpaired) electrons. The highest BCUT2D eigenvalue weighted by molar-refractivity contribution is 5.86. The molecule has 4 heteroatoms. The number of hydrogen-bond donors (Lipinski definition) is 1. The van der Waals surface area contributed by atoms with Gasteiger partial charge in [0.15, 0.2) is 0 Å². The Morgan fingerprint density at radius 2 is 1.80 bits per heavy atom. The van der Waals surface area contributed by atoms with Gasteiger partial charge in [0.2, 0.25) is 0 Å². The van der Waals surface area contributed by atoms with Gasteiger partial charge in [0.1, 0.15) is 5.75 Å². The van der Waals surface area contributed by atoms with Gasteiger partial charge in [-0.05, 0) is 57.5 Å². The fourth-order valence-electron chi connectivity index (χ4n) is 3.42. The Kier molecular flexibility index (Phi) is 5.71. The molecule has 1 heterocycles. The first-order chi connectivity index (χ1) is 12.1. The molecule has 0 aliphatic carbocycles. The molecule has 1 aliphatic rings. The summed E-state index contributed by atoms with van der Waals surface area (Å²) < 4.78 is 5.70. The van der Waals surface area contributed by atoms with Crippen LogP contribution in [0.15, 0.2) is 42.5 Å². The third-order valence-electron chi connectivity index (χ3n) is 4.55. The molecule has 4 nitrogen and oxygen atoms in total. The topological polar surface area (TPSA) is 41.6 Å². The maximum absolute atomic E-state index is 12.3. The Bertz CT molecular complexity index is 722. The number of anilines is 1. The van der Waals surface area contributed by atoms with Gasteiger partial charge >= 0.3 is 6.09 Å². The van der Waals surface area contributed by atoms with E-state index in [2.05, 4.69) is 29.3 Å². The van der Waals surface area contributed by atoms with E-state index in [1.807, 2.05) is 37.3 Å². The van der Waals surface area contributed by atoms with Gasteiger partial charge in [-0.3, -0.25) is 10.2 Å². The molecule has 0 unspecified atom stereocenters. The smallest absolute Gasteiger partial charge is 0.409 e. The summed E-state index contributed by atoms with van der Waals surface area (Å²) in [7, 11) is 0. The molecule has 1 fully saturated rings. The van der Waals surface area contributed by atoms with Crippen LogP contribution in [-0.2, 0) is 6.54 Å². The molecule has 2 aromatic carbocycles. The van der Waals surface area contributed by atoms with Crippen molar-refractivity contribution in [3.63, 3.8) is 0 Å². The SMILES string of the molecule is Cc1cc(C)c(OC(=O)Nc2ccccc2)c(CN2CCCCC2)c1. The third kappa shape index (κ3) is 4.83. The summed E-state index contributed by atoms with van der Waals surface area (Å²) in [5.41, 5.74) is 4.01. The van der Waals surface area contributed by atoms with E-state index in [0.717, 1.165) is 36.4 Å². The largest absolute Gasteiger partial charge is 0.417 e. The van der Waals surface area contributed by atoms with E-state index in [9.17, 15) is 4.79 Å². The van der Waals surface area contributed by atoms with Crippen LogP contribution in [-0.4, -0.2) is 24.1 Å². The third-order valence-corrected chi connectivity index (χ3v) is 4.55. The number of nitrogens with zero attached hydrogens (tertiary/aromatic N) is 1. The highest BCUT2D eigenvalue weighted by atomic mass is 16.6. The quantitative estimate of drug-likeness (QED) is 0.862. The van der Waals surface area contributed by atoms with Crippen LogP contribution < -0.4 is 10.1 Å². The summed E-state index contributed by atoms with van der Waals surface area (Å²) in [6.45, 7) is 7.14. The van der Waals surface area contributed by atoms with Crippen LogP contribution in [0.3, 0.4) is 0 Å². The molecule has 0 atom stereocenters. The van der Waals surface area contributed by atoms with E-state index < -0.39 is 6.09 Å². The van der Waals surface area contributed by atoms with Gasteiger partial charge in [-0.2, -0.15) is 0 Å². The Balaban J connectivity index is 1.75. The fourth-order valence-corrected chi connectivity index (χ4v) is 3.42. The first kappa shape index (κ1) is 17.5. The summed E-state index contributed by atoms with van der Waals surface area (Å²) in [5.74, 6) is 0.685. The van der Waals surface area contributed by atoms with Gasteiger partial charge in [-0.25, -0.2) is 4.79 Å². The number of nitrogens with one attached hydrogen (secondary N) is 1. The average molecular weight is 338 g/mol. The number of carbonyl (C=O) groups excluding carboxylic acids is 1. The van der Waals surface area contributed by atoms with Crippen LogP contribution >= 0.6 is 0 Å². The van der Waals surface area contributed by atoms with Gasteiger partial charge in [0.05, 0.1) is 0 Å². The summed E-state index contributed by atoms with van der Waals surface area (Å²) in [5, 5.41) is 2.79. The van der Waals surface area contributed by atoms with Crippen molar-refractivity contribution >= 4 is 11.8 Å². The number of likely N-dealkylation sites (tertiary alicyclic amines) is 1. The zero-order valence-electron chi connectivity index (χ0n) is 15.0. The van der Waals surface area contributed by atoms with Crippen LogP contribution in [0.2, 0.25) is 0 Å². The lowest BCUT2D eigenvalue weighted by Gasteiger charge is -2.27. The molecule has 1 N–H and O–H groups in total. The summed E-state index contributed by atoms with van der Waals surface area (Å²) in [6.07, 6.45) is 3.36. The van der Waals surface area contributed by atoms with Gasteiger partial charge in [0, 0.05) is 17.8 Å².